The van der Waals surface area contributed by atoms with Crippen molar-refractivity contribution in [3.63, 3.8) is 0 Å². The summed E-state index contributed by atoms with van der Waals surface area (Å²) in [7, 11) is 0. The molecule has 180 valence electrons. The van der Waals surface area contributed by atoms with E-state index >= 15 is 0 Å². The Bertz CT molecular complexity index is 968. The number of carbonyl (C=O) groups excluding carboxylic acids is 2. The lowest BCUT2D eigenvalue weighted by atomic mass is 9.55. The van der Waals surface area contributed by atoms with Crippen LogP contribution in [0.3, 0.4) is 0 Å². The van der Waals surface area contributed by atoms with Crippen LogP contribution in [0.15, 0.2) is 54.9 Å². The number of nitrogens with zero attached hydrogens (tertiary/aromatic N) is 1. The number of nitrogens with one attached hydrogen (secondary N) is 2. The van der Waals surface area contributed by atoms with E-state index in [1.807, 2.05) is 42.5 Å². The minimum absolute atomic E-state index is 0.0171. The van der Waals surface area contributed by atoms with Gasteiger partial charge in [-0.1, -0.05) is 36.4 Å². The van der Waals surface area contributed by atoms with Crippen LogP contribution in [0.4, 0.5) is 4.79 Å². The summed E-state index contributed by atoms with van der Waals surface area (Å²) >= 11 is 0. The summed E-state index contributed by atoms with van der Waals surface area (Å²) in [5.74, 6) is 2.38. The summed E-state index contributed by atoms with van der Waals surface area (Å²) in [6, 6.07) is 13.8. The highest BCUT2D eigenvalue weighted by Crippen LogP contribution is 2.54. The first-order valence-electron chi connectivity index (χ1n) is 12.7. The van der Waals surface area contributed by atoms with Crippen molar-refractivity contribution < 1.29 is 14.3 Å². The van der Waals surface area contributed by atoms with Crippen molar-refractivity contribution in [2.75, 3.05) is 6.54 Å². The maximum absolute atomic E-state index is 13.3. The fourth-order valence-corrected chi connectivity index (χ4v) is 6.70. The van der Waals surface area contributed by atoms with Crippen molar-refractivity contribution in [3.05, 3.63) is 66.0 Å². The molecule has 1 aromatic heterocycles. The standard InChI is InChI=1S/C28H35N3O3/c1-28(17-20-8-5-10-29-18-20,26(32)30-11-9-19-6-3-2-4-7-19)31-27(33)34-25-23-13-21-12-22(15-23)16-24(25)14-21/h2-8,10,18,21-25H,9,11-17H2,1H3,(H,30,32)(H,31,33). The van der Waals surface area contributed by atoms with Gasteiger partial charge in [0.1, 0.15) is 11.6 Å². The third-order valence-electron chi connectivity index (χ3n) is 8.08. The molecule has 4 aliphatic carbocycles. The summed E-state index contributed by atoms with van der Waals surface area (Å²) in [4.78, 5) is 30.6. The van der Waals surface area contributed by atoms with Gasteiger partial charge in [-0.2, -0.15) is 0 Å². The SMILES string of the molecule is CC(Cc1cccnc1)(NC(=O)OC1C2CC3CC(C2)CC1C3)C(=O)NCCc1ccccc1. The monoisotopic (exact) mass is 461 g/mol. The van der Waals surface area contributed by atoms with Gasteiger partial charge in [-0.15, -0.1) is 0 Å². The number of pyridine rings is 1. The first-order chi connectivity index (χ1) is 16.5. The second kappa shape index (κ2) is 9.77. The van der Waals surface area contributed by atoms with Gasteiger partial charge in [0.25, 0.3) is 0 Å². The number of carbonyl (C=O) groups is 2. The molecule has 0 aliphatic heterocycles. The molecule has 1 heterocycles. The zero-order valence-electron chi connectivity index (χ0n) is 19.9. The van der Waals surface area contributed by atoms with Crippen LogP contribution in [-0.2, 0) is 22.4 Å². The normalized spacial score (nSPS) is 28.7. The van der Waals surface area contributed by atoms with Gasteiger partial charge >= 0.3 is 6.09 Å². The largest absolute Gasteiger partial charge is 0.446 e. The zero-order chi connectivity index (χ0) is 23.5. The lowest BCUT2D eigenvalue weighted by Crippen LogP contribution is -2.60. The van der Waals surface area contributed by atoms with Crippen LogP contribution >= 0.6 is 0 Å². The zero-order valence-corrected chi connectivity index (χ0v) is 19.9. The molecular weight excluding hydrogens is 426 g/mol. The average molecular weight is 462 g/mol. The quantitative estimate of drug-likeness (QED) is 0.615. The van der Waals surface area contributed by atoms with Gasteiger partial charge in [0.15, 0.2) is 0 Å². The second-order valence-corrected chi connectivity index (χ2v) is 10.8. The Hall–Kier alpha value is -2.89. The Morgan fingerprint density at radius 2 is 1.65 bits per heavy atom. The molecule has 4 bridgehead atoms. The van der Waals surface area contributed by atoms with Gasteiger partial charge in [-0.3, -0.25) is 9.78 Å². The Morgan fingerprint density at radius 1 is 0.971 bits per heavy atom. The lowest BCUT2D eigenvalue weighted by molar-refractivity contribution is -0.127. The molecule has 4 aliphatic rings. The highest BCUT2D eigenvalue weighted by molar-refractivity contribution is 5.90. The van der Waals surface area contributed by atoms with Gasteiger partial charge in [-0.25, -0.2) is 4.79 Å². The molecule has 1 aromatic carbocycles. The summed E-state index contributed by atoms with van der Waals surface area (Å²) in [6.07, 6.45) is 10.1. The van der Waals surface area contributed by atoms with E-state index in [0.29, 0.717) is 24.8 Å². The van der Waals surface area contributed by atoms with Crippen LogP contribution < -0.4 is 10.6 Å². The van der Waals surface area contributed by atoms with Crippen molar-refractivity contribution in [2.45, 2.75) is 63.5 Å². The second-order valence-electron chi connectivity index (χ2n) is 10.8. The Balaban J connectivity index is 1.24. The van der Waals surface area contributed by atoms with Gasteiger partial charge in [0, 0.05) is 25.4 Å². The van der Waals surface area contributed by atoms with Crippen molar-refractivity contribution in [1.29, 1.82) is 0 Å². The molecular formula is C28H35N3O3. The van der Waals surface area contributed by atoms with Gasteiger partial charge in [0.2, 0.25) is 5.91 Å². The minimum atomic E-state index is -1.14. The first-order valence-corrected chi connectivity index (χ1v) is 12.7. The molecule has 2 amide bonds. The maximum Gasteiger partial charge on any atom is 0.408 e. The number of ether oxygens (including phenoxy) is 1. The highest BCUT2D eigenvalue weighted by Gasteiger charge is 2.50. The van der Waals surface area contributed by atoms with Crippen LogP contribution in [-0.4, -0.2) is 35.2 Å². The van der Waals surface area contributed by atoms with Gasteiger partial charge < -0.3 is 15.4 Å². The highest BCUT2D eigenvalue weighted by atomic mass is 16.6. The smallest absolute Gasteiger partial charge is 0.408 e. The molecule has 6 rings (SSSR count). The van der Waals surface area contributed by atoms with E-state index in [9.17, 15) is 9.59 Å². The summed E-state index contributed by atoms with van der Waals surface area (Å²) in [6.45, 7) is 2.27. The van der Waals surface area contributed by atoms with Crippen LogP contribution in [0.1, 0.15) is 50.2 Å². The minimum Gasteiger partial charge on any atom is -0.446 e. The number of alkyl carbamates (subject to hydrolysis) is 1. The number of rotatable bonds is 8. The van der Waals surface area contributed by atoms with E-state index in [-0.39, 0.29) is 12.0 Å². The van der Waals surface area contributed by atoms with Crippen molar-refractivity contribution in [2.24, 2.45) is 23.7 Å². The molecule has 1 unspecified atom stereocenters. The summed E-state index contributed by atoms with van der Waals surface area (Å²) < 4.78 is 6.04. The summed E-state index contributed by atoms with van der Waals surface area (Å²) in [5.41, 5.74) is 0.909. The third kappa shape index (κ3) is 5.11. The van der Waals surface area contributed by atoms with E-state index in [1.165, 1.54) is 32.1 Å². The van der Waals surface area contributed by atoms with Gasteiger partial charge in [-0.05, 0) is 86.3 Å². The van der Waals surface area contributed by atoms with Crippen LogP contribution in [0.25, 0.3) is 0 Å². The molecule has 6 heteroatoms. The fraction of sp³-hybridized carbons (Fsp3) is 0.536. The predicted molar refractivity (Wildman–Crippen MR) is 130 cm³/mol. The Kier molecular flexibility index (Phi) is 6.57. The van der Waals surface area contributed by atoms with Gasteiger partial charge in [0.05, 0.1) is 0 Å². The van der Waals surface area contributed by atoms with Crippen LogP contribution in [0.5, 0.6) is 0 Å². The van der Waals surface area contributed by atoms with Crippen molar-refractivity contribution >= 4 is 12.0 Å². The van der Waals surface area contributed by atoms with E-state index in [2.05, 4.69) is 15.6 Å². The van der Waals surface area contributed by atoms with E-state index in [0.717, 1.165) is 29.4 Å². The van der Waals surface area contributed by atoms with E-state index in [1.54, 1.807) is 19.3 Å². The first kappa shape index (κ1) is 22.9. The molecule has 0 saturated heterocycles. The number of hydrogen-bond donors (Lipinski definition) is 2. The lowest BCUT2D eigenvalue weighted by Gasteiger charge is -2.53. The summed E-state index contributed by atoms with van der Waals surface area (Å²) in [5, 5.41) is 5.97. The molecule has 34 heavy (non-hydrogen) atoms. The van der Waals surface area contributed by atoms with Crippen LogP contribution in [0, 0.1) is 23.7 Å². The number of amides is 2. The van der Waals surface area contributed by atoms with E-state index < -0.39 is 11.6 Å². The average Bonchev–Trinajstić information content (AvgIpc) is 2.82. The predicted octanol–water partition coefficient (Wildman–Crippen LogP) is 4.29. The number of aromatic nitrogens is 1. The van der Waals surface area contributed by atoms with Crippen LogP contribution in [0.2, 0.25) is 0 Å². The molecule has 2 aromatic rings. The molecule has 4 fully saturated rings. The molecule has 6 nitrogen and oxygen atoms in total. The Morgan fingerprint density at radius 3 is 2.29 bits per heavy atom. The van der Waals surface area contributed by atoms with Crippen molar-refractivity contribution in [3.8, 4) is 0 Å². The molecule has 4 saturated carbocycles. The number of hydrogen-bond acceptors (Lipinski definition) is 4. The topological polar surface area (TPSA) is 80.3 Å². The fourth-order valence-electron chi connectivity index (χ4n) is 6.70. The van der Waals surface area contributed by atoms with E-state index in [4.69, 9.17) is 4.74 Å². The molecule has 1 atom stereocenters. The van der Waals surface area contributed by atoms with Crippen molar-refractivity contribution in [1.82, 2.24) is 15.6 Å². The number of benzene rings is 1. The maximum atomic E-state index is 13.3. The Labute approximate surface area is 201 Å². The molecule has 0 radical (unpaired) electrons. The molecule has 2 N–H and O–H groups in total. The third-order valence-corrected chi connectivity index (χ3v) is 8.08. The molecule has 0 spiro atoms.